The Morgan fingerprint density at radius 1 is 0.483 bits per heavy atom. The molecule has 3 atom stereocenters. The van der Waals surface area contributed by atoms with E-state index in [2.05, 4.69) is 6.92 Å². The van der Waals surface area contributed by atoms with Crippen molar-refractivity contribution in [3.63, 3.8) is 0 Å². The van der Waals surface area contributed by atoms with Crippen LogP contribution in [0.4, 0.5) is 0 Å². The largest absolute Gasteiger partial charge is 0.396 e. The molecular weight excluding hydrogens is 473 g/mol. The van der Waals surface area contributed by atoms with Crippen LogP contribution >= 0.6 is 58.8 Å². The maximum atomic E-state index is 9.56. The lowest BCUT2D eigenvalue weighted by Gasteiger charge is -2.12. The van der Waals surface area contributed by atoms with Gasteiger partial charge in [0.2, 0.25) is 0 Å². The summed E-state index contributed by atoms with van der Waals surface area (Å²) < 4.78 is 0. The van der Waals surface area contributed by atoms with E-state index in [9.17, 15) is 15.3 Å². The molecule has 0 heterocycles. The van der Waals surface area contributed by atoms with Gasteiger partial charge in [-0.3, -0.25) is 0 Å². The fourth-order valence-electron chi connectivity index (χ4n) is 1.70. The normalized spacial score (nSPS) is 14.2. The number of hydrogen-bond donors (Lipinski definition) is 6. The molecule has 0 fully saturated rings. The van der Waals surface area contributed by atoms with E-state index in [0.717, 1.165) is 23.0 Å². The fourth-order valence-corrected chi connectivity index (χ4v) is 5.97. The van der Waals surface area contributed by atoms with Gasteiger partial charge < -0.3 is 30.6 Å². The Bertz CT molecular complexity index is 282. The average molecular weight is 513 g/mol. The smallest absolute Gasteiger partial charge is 0.0720 e. The van der Waals surface area contributed by atoms with Crippen molar-refractivity contribution in [3.8, 4) is 0 Å². The minimum absolute atomic E-state index is 0.144. The summed E-state index contributed by atoms with van der Waals surface area (Å²) in [5, 5.41) is 54.1. The van der Waals surface area contributed by atoms with E-state index in [-0.39, 0.29) is 38.1 Å². The van der Waals surface area contributed by atoms with Gasteiger partial charge in [-0.15, -0.1) is 0 Å². The first-order chi connectivity index (χ1) is 14.0. The van der Waals surface area contributed by atoms with Gasteiger partial charge >= 0.3 is 0 Å². The van der Waals surface area contributed by atoms with Crippen LogP contribution in [0.25, 0.3) is 0 Å². The maximum Gasteiger partial charge on any atom is 0.0720 e. The van der Waals surface area contributed by atoms with E-state index in [1.165, 1.54) is 41.7 Å². The van der Waals surface area contributed by atoms with Gasteiger partial charge in [0.25, 0.3) is 0 Å². The molecule has 0 radical (unpaired) electrons. The molecule has 11 heteroatoms. The van der Waals surface area contributed by atoms with E-state index >= 15 is 0 Å². The molecule has 0 spiro atoms. The third kappa shape index (κ3) is 29.5. The molecule has 0 aliphatic carbocycles. The third-order valence-corrected chi connectivity index (χ3v) is 8.75. The zero-order chi connectivity index (χ0) is 22.2. The molecule has 6 nitrogen and oxygen atoms in total. The molecule has 0 saturated carbocycles. The number of hydrogen-bond acceptors (Lipinski definition) is 11. The van der Waals surface area contributed by atoms with Gasteiger partial charge in [-0.2, -0.15) is 58.8 Å². The third-order valence-electron chi connectivity index (χ3n) is 2.92. The molecule has 0 aliphatic heterocycles. The topological polar surface area (TPSA) is 121 Å². The van der Waals surface area contributed by atoms with E-state index < -0.39 is 0 Å². The van der Waals surface area contributed by atoms with E-state index in [4.69, 9.17) is 15.3 Å². The van der Waals surface area contributed by atoms with Crippen LogP contribution in [0.3, 0.4) is 0 Å². The Balaban J connectivity index is 0. The summed E-state index contributed by atoms with van der Waals surface area (Å²) in [6.07, 6.45) is 0.196. The summed E-state index contributed by atoms with van der Waals surface area (Å²) in [4.78, 5) is 0. The molecule has 0 aromatic rings. The first kappa shape index (κ1) is 32.7. The SMILES string of the molecule is CCCSCC(O)CSCCO.OCCSCC(O)CSCC(O)CSCCO. The molecule has 178 valence electrons. The Morgan fingerprint density at radius 3 is 1.03 bits per heavy atom. The molecule has 0 aromatic carbocycles. The average Bonchev–Trinajstić information content (AvgIpc) is 2.69. The van der Waals surface area contributed by atoms with Crippen LogP contribution in [-0.2, 0) is 0 Å². The molecule has 0 saturated heterocycles. The Kier molecular flexibility index (Phi) is 31.0. The minimum Gasteiger partial charge on any atom is -0.396 e. The summed E-state index contributed by atoms with van der Waals surface area (Å²) in [7, 11) is 0. The van der Waals surface area contributed by atoms with Gasteiger partial charge in [-0.1, -0.05) is 6.92 Å². The summed E-state index contributed by atoms with van der Waals surface area (Å²) in [5.74, 6) is 7.22. The van der Waals surface area contributed by atoms with Crippen LogP contribution in [0.15, 0.2) is 0 Å². The van der Waals surface area contributed by atoms with Crippen LogP contribution in [0.2, 0.25) is 0 Å². The molecule has 0 aliphatic rings. The van der Waals surface area contributed by atoms with Crippen LogP contribution in [0.5, 0.6) is 0 Å². The number of aliphatic hydroxyl groups is 6. The van der Waals surface area contributed by atoms with Crippen molar-refractivity contribution >= 4 is 58.8 Å². The molecule has 3 unspecified atom stereocenters. The van der Waals surface area contributed by atoms with E-state index in [1.807, 2.05) is 0 Å². The van der Waals surface area contributed by atoms with Crippen LogP contribution in [-0.4, -0.2) is 126 Å². The van der Waals surface area contributed by atoms with Gasteiger partial charge in [0.05, 0.1) is 38.1 Å². The summed E-state index contributed by atoms with van der Waals surface area (Å²) in [6.45, 7) is 2.63. The molecular formula is C18H40O6S5. The van der Waals surface area contributed by atoms with Crippen molar-refractivity contribution in [1.82, 2.24) is 0 Å². The Morgan fingerprint density at radius 2 is 0.759 bits per heavy atom. The van der Waals surface area contributed by atoms with E-state index in [1.54, 1.807) is 23.5 Å². The minimum atomic E-state index is -0.381. The number of thioether (sulfide) groups is 5. The van der Waals surface area contributed by atoms with Gasteiger partial charge in [0.1, 0.15) is 0 Å². The highest BCUT2D eigenvalue weighted by Crippen LogP contribution is 2.12. The first-order valence-corrected chi connectivity index (χ1v) is 15.5. The lowest BCUT2D eigenvalue weighted by Crippen LogP contribution is -2.18. The molecule has 0 rings (SSSR count). The maximum absolute atomic E-state index is 9.56. The van der Waals surface area contributed by atoms with E-state index in [0.29, 0.717) is 34.5 Å². The quantitative estimate of drug-likeness (QED) is 0.132. The van der Waals surface area contributed by atoms with Crippen LogP contribution < -0.4 is 0 Å². The lowest BCUT2D eigenvalue weighted by molar-refractivity contribution is 0.219. The lowest BCUT2D eigenvalue weighted by atomic mass is 10.5. The van der Waals surface area contributed by atoms with Gasteiger partial charge in [-0.05, 0) is 12.2 Å². The monoisotopic (exact) mass is 512 g/mol. The molecule has 0 amide bonds. The van der Waals surface area contributed by atoms with Crippen molar-refractivity contribution in [2.75, 3.05) is 77.3 Å². The predicted molar refractivity (Wildman–Crippen MR) is 136 cm³/mol. The second-order valence-corrected chi connectivity index (χ2v) is 11.6. The van der Waals surface area contributed by atoms with Crippen molar-refractivity contribution in [2.24, 2.45) is 0 Å². The molecule has 0 bridgehead atoms. The van der Waals surface area contributed by atoms with Crippen molar-refractivity contribution in [1.29, 1.82) is 0 Å². The standard InChI is InChI=1S/C10H22O4S3.C8H18O2S2/c11-1-3-15-5-9(13)7-17-8-10(14)6-16-4-2-12;1-2-4-11-6-8(10)7-12-5-3-9/h9-14H,1-8H2;8-10H,2-7H2,1H3. The van der Waals surface area contributed by atoms with Gasteiger partial charge in [-0.25, -0.2) is 0 Å². The zero-order valence-corrected chi connectivity index (χ0v) is 21.4. The second-order valence-electron chi connectivity index (χ2n) is 5.97. The predicted octanol–water partition coefficient (Wildman–Crippen LogP) is 1.11. The van der Waals surface area contributed by atoms with Crippen LogP contribution in [0.1, 0.15) is 13.3 Å². The van der Waals surface area contributed by atoms with Crippen LogP contribution in [0, 0.1) is 0 Å². The first-order valence-electron chi connectivity index (χ1n) is 9.77. The molecule has 0 aromatic heterocycles. The fraction of sp³-hybridized carbons (Fsp3) is 1.00. The summed E-state index contributed by atoms with van der Waals surface area (Å²) >= 11 is 7.99. The molecule has 29 heavy (non-hydrogen) atoms. The Labute approximate surface area is 197 Å². The van der Waals surface area contributed by atoms with Crippen molar-refractivity contribution in [3.05, 3.63) is 0 Å². The highest BCUT2D eigenvalue weighted by atomic mass is 32.2. The highest BCUT2D eigenvalue weighted by molar-refractivity contribution is 8.01. The Hall–Kier alpha value is 1.51. The summed E-state index contributed by atoms with van der Waals surface area (Å²) in [5.41, 5.74) is 0. The highest BCUT2D eigenvalue weighted by Gasteiger charge is 2.08. The van der Waals surface area contributed by atoms with Crippen molar-refractivity contribution < 1.29 is 30.6 Å². The second kappa shape index (κ2) is 27.5. The molecule has 6 N–H and O–H groups in total. The summed E-state index contributed by atoms with van der Waals surface area (Å²) in [6, 6.07) is 0. The van der Waals surface area contributed by atoms with Crippen molar-refractivity contribution in [2.45, 2.75) is 31.7 Å². The van der Waals surface area contributed by atoms with Gasteiger partial charge in [0.15, 0.2) is 0 Å². The zero-order valence-electron chi connectivity index (χ0n) is 17.4. The van der Waals surface area contributed by atoms with Gasteiger partial charge in [0, 0.05) is 51.8 Å². The number of rotatable bonds is 20. The number of aliphatic hydroxyl groups excluding tert-OH is 6.